The fourth-order valence-corrected chi connectivity index (χ4v) is 8.74. The molecule has 0 aliphatic heterocycles. The Bertz CT molecular complexity index is 787. The number of aromatic nitrogens is 1. The number of aryl methyl sites for hydroxylation is 1. The highest BCUT2D eigenvalue weighted by molar-refractivity contribution is 5.25. The maximum atomic E-state index is 10.2. The van der Waals surface area contributed by atoms with Gasteiger partial charge in [0.25, 0.3) is 0 Å². The average Bonchev–Trinajstić information content (AvgIpc) is 3.10. The van der Waals surface area contributed by atoms with Crippen LogP contribution in [0.3, 0.4) is 0 Å². The Morgan fingerprint density at radius 2 is 1.97 bits per heavy atom. The summed E-state index contributed by atoms with van der Waals surface area (Å²) in [5.74, 6) is 4.29. The van der Waals surface area contributed by atoms with Crippen molar-refractivity contribution in [3.05, 3.63) is 41.7 Å². The fourth-order valence-electron chi connectivity index (χ4n) is 8.74. The van der Waals surface area contributed by atoms with Crippen LogP contribution in [0.25, 0.3) is 0 Å². The van der Waals surface area contributed by atoms with Crippen molar-refractivity contribution in [2.24, 2.45) is 40.4 Å². The van der Waals surface area contributed by atoms with E-state index in [0.29, 0.717) is 10.8 Å². The molecule has 0 aromatic carbocycles. The summed E-state index contributed by atoms with van der Waals surface area (Å²) in [6, 6.07) is 6.33. The smallest absolute Gasteiger partial charge is 0.0577 e. The first-order chi connectivity index (χ1) is 14.4. The van der Waals surface area contributed by atoms with E-state index in [4.69, 9.17) is 0 Å². The van der Waals surface area contributed by atoms with Crippen molar-refractivity contribution in [1.82, 2.24) is 4.98 Å². The van der Waals surface area contributed by atoms with Gasteiger partial charge in [0.15, 0.2) is 0 Å². The Balaban J connectivity index is 1.31. The second-order valence-electron chi connectivity index (χ2n) is 11.7. The minimum absolute atomic E-state index is 0.0921. The number of allylic oxidation sites excluding steroid dienone is 1. The Morgan fingerprint density at radius 1 is 1.10 bits per heavy atom. The number of rotatable bonds is 4. The molecule has 5 rings (SSSR count). The van der Waals surface area contributed by atoms with E-state index in [-0.39, 0.29) is 6.10 Å². The van der Waals surface area contributed by atoms with Crippen molar-refractivity contribution in [3.63, 3.8) is 0 Å². The van der Waals surface area contributed by atoms with E-state index in [1.165, 1.54) is 50.6 Å². The highest BCUT2D eigenvalue weighted by atomic mass is 16.3. The summed E-state index contributed by atoms with van der Waals surface area (Å²) in [6.07, 6.45) is 16.9. The zero-order valence-corrected chi connectivity index (χ0v) is 19.3. The summed E-state index contributed by atoms with van der Waals surface area (Å²) in [7, 11) is 0. The predicted octanol–water partition coefficient (Wildman–Crippen LogP) is 6.59. The first kappa shape index (κ1) is 20.7. The van der Waals surface area contributed by atoms with E-state index >= 15 is 0 Å². The molecule has 3 saturated carbocycles. The van der Waals surface area contributed by atoms with Crippen LogP contribution in [0.15, 0.2) is 36.0 Å². The second-order valence-corrected chi connectivity index (χ2v) is 11.7. The Morgan fingerprint density at radius 3 is 2.77 bits per heavy atom. The van der Waals surface area contributed by atoms with Crippen molar-refractivity contribution in [1.29, 1.82) is 0 Å². The van der Waals surface area contributed by atoms with Crippen LogP contribution >= 0.6 is 0 Å². The fraction of sp³-hybridized carbons (Fsp3) is 0.750. The third-order valence-corrected chi connectivity index (χ3v) is 10.4. The summed E-state index contributed by atoms with van der Waals surface area (Å²) >= 11 is 0. The Hall–Kier alpha value is -1.15. The predicted molar refractivity (Wildman–Crippen MR) is 123 cm³/mol. The molecule has 0 saturated heterocycles. The summed E-state index contributed by atoms with van der Waals surface area (Å²) in [4.78, 5) is 4.56. The van der Waals surface area contributed by atoms with Gasteiger partial charge in [-0.05, 0) is 117 Å². The van der Waals surface area contributed by atoms with Crippen LogP contribution in [0.4, 0.5) is 0 Å². The maximum Gasteiger partial charge on any atom is 0.0577 e. The summed E-state index contributed by atoms with van der Waals surface area (Å²) < 4.78 is 0. The van der Waals surface area contributed by atoms with Crippen molar-refractivity contribution in [3.8, 4) is 0 Å². The normalized spacial score (nSPS) is 43.9. The molecular weight excluding hydrogens is 366 g/mol. The second kappa shape index (κ2) is 7.76. The Labute approximate surface area is 183 Å². The van der Waals surface area contributed by atoms with Crippen LogP contribution < -0.4 is 0 Å². The number of pyridine rings is 1. The molecule has 1 aromatic rings. The Kier molecular flexibility index (Phi) is 5.37. The quantitative estimate of drug-likeness (QED) is 0.571. The molecule has 1 N–H and O–H groups in total. The third-order valence-electron chi connectivity index (χ3n) is 10.4. The van der Waals surface area contributed by atoms with Gasteiger partial charge in [0.05, 0.1) is 6.10 Å². The van der Waals surface area contributed by atoms with E-state index < -0.39 is 0 Å². The van der Waals surface area contributed by atoms with E-state index in [2.05, 4.69) is 44.0 Å². The number of aliphatic hydroxyl groups is 1. The molecule has 164 valence electrons. The van der Waals surface area contributed by atoms with Crippen LogP contribution in [-0.2, 0) is 6.42 Å². The molecule has 3 fully saturated rings. The lowest BCUT2D eigenvalue weighted by atomic mass is 9.47. The monoisotopic (exact) mass is 407 g/mol. The lowest BCUT2D eigenvalue weighted by Gasteiger charge is -2.58. The summed E-state index contributed by atoms with van der Waals surface area (Å²) in [5.41, 5.74) is 3.75. The van der Waals surface area contributed by atoms with Crippen LogP contribution in [-0.4, -0.2) is 16.2 Å². The van der Waals surface area contributed by atoms with Crippen molar-refractivity contribution < 1.29 is 5.11 Å². The summed E-state index contributed by atoms with van der Waals surface area (Å²) in [5, 5.41) is 10.2. The van der Waals surface area contributed by atoms with Gasteiger partial charge in [0.1, 0.15) is 0 Å². The zero-order chi connectivity index (χ0) is 20.9. The van der Waals surface area contributed by atoms with Crippen LogP contribution in [0, 0.1) is 40.4 Å². The molecule has 8 unspecified atom stereocenters. The average molecular weight is 408 g/mol. The topological polar surface area (TPSA) is 33.1 Å². The van der Waals surface area contributed by atoms with Gasteiger partial charge in [-0.15, -0.1) is 0 Å². The molecule has 4 aliphatic rings. The summed E-state index contributed by atoms with van der Waals surface area (Å²) in [6.45, 7) is 7.73. The molecule has 0 bridgehead atoms. The molecule has 4 aliphatic carbocycles. The van der Waals surface area contributed by atoms with Gasteiger partial charge in [-0.1, -0.05) is 38.5 Å². The number of nitrogens with zero attached hydrogens (tertiary/aromatic N) is 1. The molecule has 2 heteroatoms. The molecule has 1 aromatic heterocycles. The van der Waals surface area contributed by atoms with E-state index in [0.717, 1.165) is 48.9 Å². The van der Waals surface area contributed by atoms with Gasteiger partial charge in [0, 0.05) is 11.9 Å². The van der Waals surface area contributed by atoms with Crippen LogP contribution in [0.5, 0.6) is 0 Å². The molecule has 30 heavy (non-hydrogen) atoms. The van der Waals surface area contributed by atoms with Crippen LogP contribution in [0.2, 0.25) is 0 Å². The lowest BCUT2D eigenvalue weighted by Crippen LogP contribution is -2.50. The van der Waals surface area contributed by atoms with Gasteiger partial charge in [-0.3, -0.25) is 4.98 Å². The largest absolute Gasteiger partial charge is 0.393 e. The van der Waals surface area contributed by atoms with Gasteiger partial charge >= 0.3 is 0 Å². The van der Waals surface area contributed by atoms with E-state index in [1.807, 2.05) is 12.3 Å². The van der Waals surface area contributed by atoms with E-state index in [9.17, 15) is 5.11 Å². The number of aliphatic hydroxyl groups excluding tert-OH is 1. The van der Waals surface area contributed by atoms with Crippen LogP contribution in [0.1, 0.15) is 84.3 Å². The number of hydrogen-bond acceptors (Lipinski definition) is 2. The van der Waals surface area contributed by atoms with Crippen molar-refractivity contribution in [2.45, 2.75) is 91.1 Å². The SMILES string of the molecule is CC(CCc1ccccn1)C1CCC2C3CC=C4CC(O)CCC4(C)C3CCC12C. The first-order valence-electron chi connectivity index (χ1n) is 12.7. The minimum Gasteiger partial charge on any atom is -0.393 e. The lowest BCUT2D eigenvalue weighted by molar-refractivity contribution is -0.0571. The molecular formula is C28H41NO. The molecule has 0 amide bonds. The van der Waals surface area contributed by atoms with Gasteiger partial charge in [0.2, 0.25) is 0 Å². The number of fused-ring (bicyclic) bond motifs is 5. The van der Waals surface area contributed by atoms with Gasteiger partial charge < -0.3 is 5.11 Å². The van der Waals surface area contributed by atoms with Crippen molar-refractivity contribution in [2.75, 3.05) is 0 Å². The van der Waals surface area contributed by atoms with Gasteiger partial charge in [-0.25, -0.2) is 0 Å². The molecule has 8 atom stereocenters. The highest BCUT2D eigenvalue weighted by Crippen LogP contribution is 2.67. The standard InChI is InChI=1S/C28H41NO/c1-19(7-9-21-6-4-5-17-29-21)24-11-12-25-23-10-8-20-18-22(30)13-15-27(20,2)26(23)14-16-28(24,25)3/h4-6,8,17,19,22-26,30H,7,9-16,18H2,1-3H3. The highest BCUT2D eigenvalue weighted by Gasteiger charge is 2.59. The third kappa shape index (κ3) is 3.29. The molecule has 2 nitrogen and oxygen atoms in total. The zero-order valence-electron chi connectivity index (χ0n) is 19.3. The maximum absolute atomic E-state index is 10.2. The minimum atomic E-state index is -0.0921. The molecule has 1 heterocycles. The van der Waals surface area contributed by atoms with Crippen molar-refractivity contribution >= 4 is 0 Å². The molecule has 0 radical (unpaired) electrons. The molecule has 0 spiro atoms. The number of hydrogen-bond donors (Lipinski definition) is 1. The van der Waals surface area contributed by atoms with Gasteiger partial charge in [-0.2, -0.15) is 0 Å². The first-order valence-corrected chi connectivity index (χ1v) is 12.7. The van der Waals surface area contributed by atoms with E-state index in [1.54, 1.807) is 5.57 Å².